The van der Waals surface area contributed by atoms with Crippen molar-refractivity contribution in [3.8, 4) is 0 Å². The zero-order valence-electron chi connectivity index (χ0n) is 11.8. The number of rotatable bonds is 6. The van der Waals surface area contributed by atoms with E-state index in [-0.39, 0.29) is 0 Å². The van der Waals surface area contributed by atoms with Crippen LogP contribution in [-0.2, 0) is 13.1 Å². The van der Waals surface area contributed by atoms with Crippen LogP contribution in [0.4, 0.5) is 8.78 Å². The molecule has 20 heavy (non-hydrogen) atoms. The minimum Gasteiger partial charge on any atom is -0.313 e. The summed E-state index contributed by atoms with van der Waals surface area (Å²) in [5.74, 6) is -1.12. The van der Waals surface area contributed by atoms with Gasteiger partial charge < -0.3 is 5.32 Å². The summed E-state index contributed by atoms with van der Waals surface area (Å²) in [6.07, 6.45) is 3.00. The van der Waals surface area contributed by atoms with Crippen molar-refractivity contribution in [3.05, 3.63) is 52.9 Å². The van der Waals surface area contributed by atoms with Gasteiger partial charge in [0.15, 0.2) is 0 Å². The number of nitrogens with zero attached hydrogens (tertiary/aromatic N) is 2. The van der Waals surface area contributed by atoms with Crippen molar-refractivity contribution in [1.82, 2.24) is 15.1 Å². The molecule has 0 spiro atoms. The van der Waals surface area contributed by atoms with Gasteiger partial charge in [0, 0.05) is 24.4 Å². The van der Waals surface area contributed by atoms with E-state index in [2.05, 4.69) is 17.3 Å². The first-order valence-corrected chi connectivity index (χ1v) is 6.77. The van der Waals surface area contributed by atoms with Gasteiger partial charge in [-0.3, -0.25) is 4.68 Å². The topological polar surface area (TPSA) is 29.9 Å². The molecule has 0 bridgehead atoms. The van der Waals surface area contributed by atoms with Crippen molar-refractivity contribution in [2.75, 3.05) is 6.54 Å². The van der Waals surface area contributed by atoms with E-state index in [9.17, 15) is 8.78 Å². The molecule has 0 unspecified atom stereocenters. The number of hydrogen-bond donors (Lipinski definition) is 1. The van der Waals surface area contributed by atoms with Crippen molar-refractivity contribution < 1.29 is 8.78 Å². The highest BCUT2D eigenvalue weighted by Crippen LogP contribution is 2.11. The monoisotopic (exact) mass is 279 g/mol. The number of halogens is 2. The third kappa shape index (κ3) is 3.87. The molecule has 2 aromatic rings. The maximum absolute atomic E-state index is 13.1. The van der Waals surface area contributed by atoms with Crippen molar-refractivity contribution in [2.45, 2.75) is 33.4 Å². The van der Waals surface area contributed by atoms with E-state index >= 15 is 0 Å². The Balaban J connectivity index is 2.07. The Kier molecular flexibility index (Phi) is 4.84. The highest BCUT2D eigenvalue weighted by Gasteiger charge is 2.06. The van der Waals surface area contributed by atoms with E-state index in [4.69, 9.17) is 0 Å². The van der Waals surface area contributed by atoms with Crippen LogP contribution in [0.2, 0.25) is 0 Å². The Bertz CT molecular complexity index is 558. The summed E-state index contributed by atoms with van der Waals surface area (Å²) in [4.78, 5) is 0. The number of nitrogens with one attached hydrogen (secondary N) is 1. The van der Waals surface area contributed by atoms with Gasteiger partial charge in [0.25, 0.3) is 0 Å². The summed E-state index contributed by atoms with van der Waals surface area (Å²) in [6, 6.07) is 3.53. The Labute approximate surface area is 117 Å². The molecule has 108 valence electrons. The zero-order valence-corrected chi connectivity index (χ0v) is 11.8. The molecule has 3 nitrogen and oxygen atoms in total. The molecule has 2 rings (SSSR count). The lowest BCUT2D eigenvalue weighted by molar-refractivity contribution is 0.574. The summed E-state index contributed by atoms with van der Waals surface area (Å²) in [7, 11) is 0. The molecule has 0 fully saturated rings. The summed E-state index contributed by atoms with van der Waals surface area (Å²) in [5.41, 5.74) is 2.61. The largest absolute Gasteiger partial charge is 0.313 e. The van der Waals surface area contributed by atoms with Crippen molar-refractivity contribution in [2.24, 2.45) is 0 Å². The van der Waals surface area contributed by atoms with Crippen LogP contribution in [0, 0.1) is 18.6 Å². The molecular weight excluding hydrogens is 260 g/mol. The Morgan fingerprint density at radius 2 is 1.90 bits per heavy atom. The minimum atomic E-state index is -0.561. The van der Waals surface area contributed by atoms with E-state index < -0.39 is 11.6 Å². The number of aryl methyl sites for hydroxylation is 1. The molecule has 1 aromatic heterocycles. The fourth-order valence-electron chi connectivity index (χ4n) is 2.10. The van der Waals surface area contributed by atoms with Crippen LogP contribution in [0.5, 0.6) is 0 Å². The Morgan fingerprint density at radius 3 is 2.55 bits per heavy atom. The average molecular weight is 279 g/mol. The average Bonchev–Trinajstić information content (AvgIpc) is 2.68. The molecule has 5 heteroatoms. The van der Waals surface area contributed by atoms with Gasteiger partial charge in [0.05, 0.1) is 12.2 Å². The van der Waals surface area contributed by atoms with Gasteiger partial charge in [0.2, 0.25) is 0 Å². The maximum atomic E-state index is 13.1. The highest BCUT2D eigenvalue weighted by molar-refractivity contribution is 5.20. The zero-order chi connectivity index (χ0) is 14.5. The molecule has 0 aliphatic heterocycles. The summed E-state index contributed by atoms with van der Waals surface area (Å²) < 4.78 is 28.0. The second kappa shape index (κ2) is 6.61. The predicted octanol–water partition coefficient (Wildman–Crippen LogP) is 3.02. The van der Waals surface area contributed by atoms with Crippen molar-refractivity contribution in [3.63, 3.8) is 0 Å². The van der Waals surface area contributed by atoms with Gasteiger partial charge in [-0.1, -0.05) is 6.92 Å². The second-order valence-corrected chi connectivity index (χ2v) is 4.89. The van der Waals surface area contributed by atoms with Crippen LogP contribution >= 0.6 is 0 Å². The fraction of sp³-hybridized carbons (Fsp3) is 0.400. The lowest BCUT2D eigenvalue weighted by Crippen LogP contribution is -2.13. The maximum Gasteiger partial charge on any atom is 0.126 e. The smallest absolute Gasteiger partial charge is 0.126 e. The molecule has 0 saturated heterocycles. The summed E-state index contributed by atoms with van der Waals surface area (Å²) >= 11 is 0. The van der Waals surface area contributed by atoms with Crippen LogP contribution in [0.1, 0.15) is 30.2 Å². The molecule has 1 heterocycles. The lowest BCUT2D eigenvalue weighted by Gasteiger charge is -2.03. The minimum absolute atomic E-state index is 0.364. The number of aromatic nitrogens is 2. The van der Waals surface area contributed by atoms with Gasteiger partial charge in [0.1, 0.15) is 11.6 Å². The first-order chi connectivity index (χ1) is 9.58. The van der Waals surface area contributed by atoms with Gasteiger partial charge in [-0.15, -0.1) is 0 Å². The number of hydrogen-bond acceptors (Lipinski definition) is 2. The molecule has 1 N–H and O–H groups in total. The summed E-state index contributed by atoms with van der Waals surface area (Å²) in [6.45, 7) is 6.13. The standard InChI is InChI=1S/C15H19F2N3/c1-3-4-18-8-13-10-20(19-11(13)2)9-12-5-14(16)7-15(17)6-12/h5-7,10,18H,3-4,8-9H2,1-2H3. The second-order valence-electron chi connectivity index (χ2n) is 4.89. The quantitative estimate of drug-likeness (QED) is 0.824. The predicted molar refractivity (Wildman–Crippen MR) is 74.4 cm³/mol. The molecule has 0 atom stereocenters. The van der Waals surface area contributed by atoms with Crippen LogP contribution in [-0.4, -0.2) is 16.3 Å². The molecular formula is C15H19F2N3. The van der Waals surface area contributed by atoms with Crippen molar-refractivity contribution in [1.29, 1.82) is 0 Å². The van der Waals surface area contributed by atoms with Gasteiger partial charge in [-0.2, -0.15) is 5.10 Å². The van der Waals surface area contributed by atoms with E-state index in [0.717, 1.165) is 36.8 Å². The third-order valence-corrected chi connectivity index (χ3v) is 3.06. The summed E-state index contributed by atoms with van der Waals surface area (Å²) in [5, 5.41) is 7.69. The lowest BCUT2D eigenvalue weighted by atomic mass is 10.2. The fourth-order valence-corrected chi connectivity index (χ4v) is 2.10. The van der Waals surface area contributed by atoms with E-state index in [0.29, 0.717) is 12.1 Å². The van der Waals surface area contributed by atoms with Crippen molar-refractivity contribution >= 4 is 0 Å². The van der Waals surface area contributed by atoms with Gasteiger partial charge >= 0.3 is 0 Å². The van der Waals surface area contributed by atoms with Gasteiger partial charge in [-0.05, 0) is 37.6 Å². The number of benzene rings is 1. The van der Waals surface area contributed by atoms with E-state index in [1.807, 2.05) is 13.1 Å². The molecule has 0 radical (unpaired) electrons. The molecule has 0 saturated carbocycles. The Morgan fingerprint density at radius 1 is 1.20 bits per heavy atom. The first-order valence-electron chi connectivity index (χ1n) is 6.77. The SMILES string of the molecule is CCCNCc1cn(Cc2cc(F)cc(F)c2)nc1C. The van der Waals surface area contributed by atoms with Crippen LogP contribution in [0.15, 0.2) is 24.4 Å². The molecule has 0 aliphatic rings. The molecule has 1 aromatic carbocycles. The third-order valence-electron chi connectivity index (χ3n) is 3.06. The van der Waals surface area contributed by atoms with Crippen LogP contribution < -0.4 is 5.32 Å². The van der Waals surface area contributed by atoms with E-state index in [1.165, 1.54) is 12.1 Å². The normalized spacial score (nSPS) is 11.0. The molecule has 0 amide bonds. The highest BCUT2D eigenvalue weighted by atomic mass is 19.1. The van der Waals surface area contributed by atoms with Crippen LogP contribution in [0.25, 0.3) is 0 Å². The van der Waals surface area contributed by atoms with Gasteiger partial charge in [-0.25, -0.2) is 8.78 Å². The Hall–Kier alpha value is -1.75. The molecule has 0 aliphatic carbocycles. The van der Waals surface area contributed by atoms with Crippen LogP contribution in [0.3, 0.4) is 0 Å². The first kappa shape index (κ1) is 14.7. The van der Waals surface area contributed by atoms with E-state index in [1.54, 1.807) is 4.68 Å².